The monoisotopic (exact) mass is 501 g/mol. The lowest BCUT2D eigenvalue weighted by Crippen LogP contribution is -2.34. The van der Waals surface area contributed by atoms with E-state index in [2.05, 4.69) is 106 Å². The molecule has 1 aliphatic carbocycles. The predicted octanol–water partition coefficient (Wildman–Crippen LogP) is 8.82. The predicted molar refractivity (Wildman–Crippen MR) is 154 cm³/mol. The van der Waals surface area contributed by atoms with Gasteiger partial charge in [-0.05, 0) is 85.6 Å². The van der Waals surface area contributed by atoms with E-state index in [0.29, 0.717) is 0 Å². The summed E-state index contributed by atoms with van der Waals surface area (Å²) in [5, 5.41) is 2.73. The second-order valence-electron chi connectivity index (χ2n) is 10.8. The zero-order valence-electron chi connectivity index (χ0n) is 21.9. The van der Waals surface area contributed by atoms with Crippen molar-refractivity contribution in [3.05, 3.63) is 80.9 Å². The van der Waals surface area contributed by atoms with Crippen LogP contribution in [0.3, 0.4) is 0 Å². The molecule has 1 aromatic heterocycles. The van der Waals surface area contributed by atoms with Gasteiger partial charge in [-0.25, -0.2) is 0 Å². The lowest BCUT2D eigenvalue weighted by atomic mass is 9.75. The molecule has 182 valence electrons. The number of benzene rings is 2. The fraction of sp³-hybridized carbons (Fsp3) is 0.387. The number of aryl methyl sites for hydroxylation is 3. The number of hydrogen-bond acceptors (Lipinski definition) is 3. The highest BCUT2D eigenvalue weighted by Gasteiger charge is 2.29. The number of nitrogens with zero attached hydrogens (tertiary/aromatic N) is 2. The third-order valence-electron chi connectivity index (χ3n) is 6.89. The molecule has 0 atom stereocenters. The van der Waals surface area contributed by atoms with Gasteiger partial charge >= 0.3 is 0 Å². The van der Waals surface area contributed by atoms with E-state index in [0.717, 1.165) is 32.4 Å². The summed E-state index contributed by atoms with van der Waals surface area (Å²) in [6, 6.07) is 13.7. The first kappa shape index (κ1) is 24.4. The fourth-order valence-electron chi connectivity index (χ4n) is 5.43. The first-order valence-corrected chi connectivity index (χ1v) is 14.5. The molecule has 1 aliphatic heterocycles. The van der Waals surface area contributed by atoms with E-state index in [4.69, 9.17) is 0 Å². The number of thiazole rings is 1. The number of hydrogen-bond donors (Lipinski definition) is 0. The Morgan fingerprint density at radius 2 is 1.77 bits per heavy atom. The lowest BCUT2D eigenvalue weighted by molar-refractivity contribution is -0.668. The summed E-state index contributed by atoms with van der Waals surface area (Å²) in [5.74, 6) is 0. The van der Waals surface area contributed by atoms with Crippen LogP contribution in [0.2, 0.25) is 0 Å². The van der Waals surface area contributed by atoms with Crippen LogP contribution in [0, 0.1) is 19.3 Å². The molecular formula is C31H37N2S2+. The molecule has 0 saturated heterocycles. The number of anilines is 1. The van der Waals surface area contributed by atoms with Gasteiger partial charge in [-0.1, -0.05) is 62.1 Å². The SMILES string of the molecule is CCC[n+]1c(C=C2C=C(C=C3Sc4cc(C)ccc4N3CC)CC(C)(C)C2)sc2cc(C)ccc21. The molecule has 0 fully saturated rings. The minimum absolute atomic E-state index is 0.250. The van der Waals surface area contributed by atoms with E-state index in [1.54, 1.807) is 0 Å². The minimum atomic E-state index is 0.250. The Bertz CT molecular complexity index is 1370. The zero-order valence-corrected chi connectivity index (χ0v) is 23.6. The van der Waals surface area contributed by atoms with E-state index in [1.807, 2.05) is 23.1 Å². The van der Waals surface area contributed by atoms with Crippen molar-refractivity contribution in [2.24, 2.45) is 5.41 Å². The molecule has 35 heavy (non-hydrogen) atoms. The number of fused-ring (bicyclic) bond motifs is 2. The highest BCUT2D eigenvalue weighted by atomic mass is 32.2. The Labute approximate surface area is 219 Å². The third-order valence-corrected chi connectivity index (χ3v) is 9.08. The first-order valence-electron chi connectivity index (χ1n) is 12.9. The second kappa shape index (κ2) is 9.63. The van der Waals surface area contributed by atoms with Crippen molar-refractivity contribution < 1.29 is 4.57 Å². The highest BCUT2D eigenvalue weighted by Crippen LogP contribution is 2.48. The van der Waals surface area contributed by atoms with E-state index >= 15 is 0 Å². The molecule has 4 heteroatoms. The molecule has 2 nitrogen and oxygen atoms in total. The molecule has 3 aromatic rings. The van der Waals surface area contributed by atoms with Gasteiger partial charge in [0.25, 0.3) is 5.01 Å². The summed E-state index contributed by atoms with van der Waals surface area (Å²) in [7, 11) is 0. The average molecular weight is 502 g/mol. The van der Waals surface area contributed by atoms with Gasteiger partial charge in [-0.15, -0.1) is 0 Å². The number of allylic oxidation sites excluding steroid dienone is 4. The minimum Gasteiger partial charge on any atom is -0.335 e. The number of aromatic nitrogens is 1. The average Bonchev–Trinajstić information content (AvgIpc) is 3.28. The van der Waals surface area contributed by atoms with Crippen LogP contribution in [0.4, 0.5) is 5.69 Å². The van der Waals surface area contributed by atoms with Gasteiger partial charge in [-0.2, -0.15) is 4.57 Å². The molecule has 0 amide bonds. The van der Waals surface area contributed by atoms with Crippen LogP contribution in [0.5, 0.6) is 0 Å². The zero-order chi connectivity index (χ0) is 24.7. The van der Waals surface area contributed by atoms with Crippen LogP contribution < -0.4 is 9.47 Å². The number of thioether (sulfide) groups is 1. The van der Waals surface area contributed by atoms with E-state index in [-0.39, 0.29) is 5.41 Å². The van der Waals surface area contributed by atoms with Gasteiger partial charge in [0.05, 0.1) is 10.7 Å². The van der Waals surface area contributed by atoms with Crippen LogP contribution in [-0.2, 0) is 6.54 Å². The molecular weight excluding hydrogens is 464 g/mol. The molecule has 2 aromatic carbocycles. The molecule has 0 saturated carbocycles. The topological polar surface area (TPSA) is 7.12 Å². The van der Waals surface area contributed by atoms with Crippen LogP contribution in [0.1, 0.15) is 63.1 Å². The second-order valence-corrected chi connectivity index (χ2v) is 12.9. The molecule has 0 unspecified atom stereocenters. The molecule has 2 aliphatic rings. The standard InChI is InChI=1S/C31H37N2S2/c1-7-13-33-26-12-10-22(4)15-28(26)35-30(33)18-24-16-23(19-31(5,6)20-24)17-29-32(8-2)25-11-9-21(3)14-27(25)34-29/h9-12,14-18H,7-8,13,19-20H2,1-6H3/q+1. The maximum atomic E-state index is 2.52. The summed E-state index contributed by atoms with van der Waals surface area (Å²) in [6.45, 7) is 15.8. The molecule has 5 rings (SSSR count). The van der Waals surface area contributed by atoms with Crippen molar-refractivity contribution in [2.75, 3.05) is 11.4 Å². The normalized spacial score (nSPS) is 19.6. The quantitative estimate of drug-likeness (QED) is 0.322. The van der Waals surface area contributed by atoms with Crippen molar-refractivity contribution in [3.63, 3.8) is 0 Å². The summed E-state index contributed by atoms with van der Waals surface area (Å²) in [5.41, 5.74) is 8.51. The van der Waals surface area contributed by atoms with Crippen LogP contribution >= 0.6 is 23.1 Å². The first-order chi connectivity index (χ1) is 16.8. The van der Waals surface area contributed by atoms with Gasteiger partial charge in [-0.3, -0.25) is 0 Å². The summed E-state index contributed by atoms with van der Waals surface area (Å²) in [4.78, 5) is 3.85. The lowest BCUT2D eigenvalue weighted by Gasteiger charge is -2.31. The van der Waals surface area contributed by atoms with Gasteiger partial charge in [0, 0.05) is 30.0 Å². The Kier molecular flexibility index (Phi) is 6.71. The summed E-state index contributed by atoms with van der Waals surface area (Å²) < 4.78 is 3.91. The van der Waals surface area contributed by atoms with Gasteiger partial charge in [0.2, 0.25) is 5.52 Å². The van der Waals surface area contributed by atoms with Crippen molar-refractivity contribution in [3.8, 4) is 0 Å². The van der Waals surface area contributed by atoms with E-state index in [9.17, 15) is 0 Å². The Morgan fingerprint density at radius 3 is 2.54 bits per heavy atom. The molecule has 2 heterocycles. The molecule has 0 N–H and O–H groups in total. The molecule has 0 bridgehead atoms. The van der Waals surface area contributed by atoms with E-state index in [1.165, 1.54) is 53.1 Å². The summed E-state index contributed by atoms with van der Waals surface area (Å²) >= 11 is 3.85. The summed E-state index contributed by atoms with van der Waals surface area (Å²) in [6.07, 6.45) is 10.8. The van der Waals surface area contributed by atoms with Crippen LogP contribution in [0.25, 0.3) is 16.3 Å². The smallest absolute Gasteiger partial charge is 0.263 e. The van der Waals surface area contributed by atoms with Gasteiger partial charge in [0.1, 0.15) is 11.2 Å². The van der Waals surface area contributed by atoms with E-state index < -0.39 is 0 Å². The highest BCUT2D eigenvalue weighted by molar-refractivity contribution is 8.03. The maximum absolute atomic E-state index is 2.52. The van der Waals surface area contributed by atoms with Gasteiger partial charge < -0.3 is 4.90 Å². The third kappa shape index (κ3) is 5.01. The maximum Gasteiger partial charge on any atom is 0.263 e. The Hall–Kier alpha value is -2.30. The number of rotatable bonds is 5. The fourth-order valence-corrected chi connectivity index (χ4v) is 7.99. The van der Waals surface area contributed by atoms with Gasteiger partial charge in [0.15, 0.2) is 0 Å². The van der Waals surface area contributed by atoms with Crippen molar-refractivity contribution >= 4 is 45.1 Å². The van der Waals surface area contributed by atoms with Crippen LogP contribution in [0.15, 0.2) is 69.6 Å². The van der Waals surface area contributed by atoms with Crippen molar-refractivity contribution in [1.82, 2.24) is 0 Å². The van der Waals surface area contributed by atoms with Crippen molar-refractivity contribution in [2.45, 2.75) is 72.2 Å². The molecule has 0 spiro atoms. The molecule has 0 radical (unpaired) electrons. The Balaban J connectivity index is 1.54. The Morgan fingerprint density at radius 1 is 1.00 bits per heavy atom. The van der Waals surface area contributed by atoms with Crippen LogP contribution in [-0.4, -0.2) is 6.54 Å². The largest absolute Gasteiger partial charge is 0.335 e. The van der Waals surface area contributed by atoms with Crippen molar-refractivity contribution in [1.29, 1.82) is 0 Å².